The van der Waals surface area contributed by atoms with Crippen LogP contribution in [0.25, 0.3) is 6.08 Å². The van der Waals surface area contributed by atoms with Crippen molar-refractivity contribution in [3.8, 4) is 5.75 Å². The number of pyridine rings is 1. The van der Waals surface area contributed by atoms with Crippen LogP contribution in [0.5, 0.6) is 5.75 Å². The fraction of sp³-hybridized carbons (Fsp3) is 0.250. The van der Waals surface area contributed by atoms with Crippen LogP contribution in [0.1, 0.15) is 11.5 Å². The van der Waals surface area contributed by atoms with E-state index in [0.29, 0.717) is 24.6 Å². The van der Waals surface area contributed by atoms with E-state index in [1.165, 1.54) is 25.5 Å². The zero-order valence-corrected chi connectivity index (χ0v) is 12.5. The smallest absolute Gasteiger partial charge is 0.254 e. The first-order chi connectivity index (χ1) is 10.6. The molecular formula is C16H18N2O4. The predicted octanol–water partition coefficient (Wildman–Crippen LogP) is 1.59. The second kappa shape index (κ2) is 7.31. The van der Waals surface area contributed by atoms with Gasteiger partial charge < -0.3 is 19.0 Å². The fourth-order valence-electron chi connectivity index (χ4n) is 2.00. The SMILES string of the molecule is COc1cc(C)n(CCNC(=O)/C=C/c2ccco2)c(=O)c1. The molecule has 2 heterocycles. The number of hydrogen-bond donors (Lipinski definition) is 1. The number of furan rings is 1. The summed E-state index contributed by atoms with van der Waals surface area (Å²) < 4.78 is 11.7. The van der Waals surface area contributed by atoms with E-state index in [2.05, 4.69) is 5.32 Å². The van der Waals surface area contributed by atoms with Crippen molar-refractivity contribution in [1.29, 1.82) is 0 Å². The van der Waals surface area contributed by atoms with E-state index in [-0.39, 0.29) is 11.5 Å². The van der Waals surface area contributed by atoms with Crippen LogP contribution < -0.4 is 15.6 Å². The molecule has 0 radical (unpaired) electrons. The summed E-state index contributed by atoms with van der Waals surface area (Å²) in [5.41, 5.74) is 0.627. The van der Waals surface area contributed by atoms with Crippen molar-refractivity contribution in [3.05, 3.63) is 58.4 Å². The van der Waals surface area contributed by atoms with E-state index in [9.17, 15) is 9.59 Å². The molecule has 6 nitrogen and oxygen atoms in total. The first-order valence-electron chi connectivity index (χ1n) is 6.85. The Morgan fingerprint density at radius 2 is 2.27 bits per heavy atom. The molecule has 0 aliphatic heterocycles. The largest absolute Gasteiger partial charge is 0.496 e. The molecule has 0 bridgehead atoms. The van der Waals surface area contributed by atoms with Crippen molar-refractivity contribution in [2.45, 2.75) is 13.5 Å². The van der Waals surface area contributed by atoms with Gasteiger partial charge in [0.15, 0.2) is 0 Å². The highest BCUT2D eigenvalue weighted by Gasteiger charge is 2.04. The maximum Gasteiger partial charge on any atom is 0.254 e. The lowest BCUT2D eigenvalue weighted by atomic mass is 10.3. The molecule has 0 atom stereocenters. The van der Waals surface area contributed by atoms with Gasteiger partial charge in [0.2, 0.25) is 5.91 Å². The first-order valence-corrected chi connectivity index (χ1v) is 6.85. The van der Waals surface area contributed by atoms with E-state index < -0.39 is 0 Å². The van der Waals surface area contributed by atoms with Crippen LogP contribution in [0, 0.1) is 6.92 Å². The first kappa shape index (κ1) is 15.6. The summed E-state index contributed by atoms with van der Waals surface area (Å²) in [6.07, 6.45) is 4.51. The van der Waals surface area contributed by atoms with Crippen molar-refractivity contribution in [3.63, 3.8) is 0 Å². The molecule has 0 spiro atoms. The van der Waals surface area contributed by atoms with Crippen LogP contribution >= 0.6 is 0 Å². The molecule has 1 N–H and O–H groups in total. The molecule has 0 fully saturated rings. The monoisotopic (exact) mass is 302 g/mol. The molecule has 0 aliphatic carbocycles. The lowest BCUT2D eigenvalue weighted by Gasteiger charge is -2.11. The lowest BCUT2D eigenvalue weighted by molar-refractivity contribution is -0.116. The van der Waals surface area contributed by atoms with Crippen LogP contribution in [-0.4, -0.2) is 24.1 Å². The second-order valence-corrected chi connectivity index (χ2v) is 4.67. The van der Waals surface area contributed by atoms with Gasteiger partial charge in [-0.2, -0.15) is 0 Å². The Morgan fingerprint density at radius 3 is 2.91 bits per heavy atom. The Balaban J connectivity index is 1.89. The van der Waals surface area contributed by atoms with Gasteiger partial charge in [0, 0.05) is 30.9 Å². The van der Waals surface area contributed by atoms with Crippen LogP contribution in [0.2, 0.25) is 0 Å². The summed E-state index contributed by atoms with van der Waals surface area (Å²) >= 11 is 0. The normalized spacial score (nSPS) is 10.8. The van der Waals surface area contributed by atoms with Gasteiger partial charge in [0.1, 0.15) is 11.5 Å². The minimum absolute atomic E-state index is 0.155. The molecule has 0 aliphatic rings. The Labute approximate surface area is 128 Å². The van der Waals surface area contributed by atoms with Crippen LogP contribution in [0.15, 0.2) is 45.8 Å². The van der Waals surface area contributed by atoms with Crippen molar-refractivity contribution in [2.24, 2.45) is 0 Å². The standard InChI is InChI=1S/C16H18N2O4/c1-12-10-14(21-2)11-16(20)18(12)8-7-17-15(19)6-5-13-4-3-9-22-13/h3-6,9-11H,7-8H2,1-2H3,(H,17,19)/b6-5+. The summed E-state index contributed by atoms with van der Waals surface area (Å²) in [5.74, 6) is 0.900. The second-order valence-electron chi connectivity index (χ2n) is 4.67. The molecule has 0 aromatic carbocycles. The van der Waals surface area contributed by atoms with Crippen LogP contribution in [0.4, 0.5) is 0 Å². The van der Waals surface area contributed by atoms with Crippen molar-refractivity contribution in [1.82, 2.24) is 9.88 Å². The maximum atomic E-state index is 11.9. The molecule has 2 aromatic heterocycles. The van der Waals surface area contributed by atoms with Crippen LogP contribution in [-0.2, 0) is 11.3 Å². The fourth-order valence-corrected chi connectivity index (χ4v) is 2.00. The average molecular weight is 302 g/mol. The Morgan fingerprint density at radius 1 is 1.45 bits per heavy atom. The summed E-state index contributed by atoms with van der Waals surface area (Å²) in [6.45, 7) is 2.58. The molecule has 1 amide bonds. The molecule has 22 heavy (non-hydrogen) atoms. The van der Waals surface area contributed by atoms with E-state index >= 15 is 0 Å². The number of hydrogen-bond acceptors (Lipinski definition) is 4. The number of rotatable bonds is 6. The van der Waals surface area contributed by atoms with Gasteiger partial charge in [-0.1, -0.05) is 0 Å². The number of carbonyl (C=O) groups is 1. The summed E-state index contributed by atoms with van der Waals surface area (Å²) in [6, 6.07) is 6.70. The van der Waals surface area contributed by atoms with Crippen molar-refractivity contribution >= 4 is 12.0 Å². The molecule has 0 saturated carbocycles. The third kappa shape index (κ3) is 4.12. The highest BCUT2D eigenvalue weighted by molar-refractivity contribution is 5.91. The molecule has 2 aromatic rings. The predicted molar refractivity (Wildman–Crippen MR) is 82.7 cm³/mol. The minimum Gasteiger partial charge on any atom is -0.496 e. The number of carbonyl (C=O) groups excluding carboxylic acids is 1. The Bertz CT molecular complexity index is 714. The third-order valence-electron chi connectivity index (χ3n) is 3.12. The quantitative estimate of drug-likeness (QED) is 0.822. The highest BCUT2D eigenvalue weighted by Crippen LogP contribution is 2.08. The van der Waals surface area contributed by atoms with Gasteiger partial charge in [-0.15, -0.1) is 0 Å². The molecule has 0 saturated heterocycles. The number of aromatic nitrogens is 1. The number of amides is 1. The Hall–Kier alpha value is -2.76. The summed E-state index contributed by atoms with van der Waals surface area (Å²) in [5, 5.41) is 2.72. The van der Waals surface area contributed by atoms with Gasteiger partial charge in [0.25, 0.3) is 5.56 Å². The average Bonchev–Trinajstić information content (AvgIpc) is 3.01. The maximum absolute atomic E-state index is 11.9. The Kier molecular flexibility index (Phi) is 5.19. The molecule has 2 rings (SSSR count). The number of aryl methyl sites for hydroxylation is 1. The van der Waals surface area contributed by atoms with Gasteiger partial charge >= 0.3 is 0 Å². The van der Waals surface area contributed by atoms with Crippen molar-refractivity contribution < 1.29 is 13.9 Å². The summed E-state index contributed by atoms with van der Waals surface area (Å²) in [7, 11) is 1.52. The van der Waals surface area contributed by atoms with Gasteiger partial charge in [-0.05, 0) is 31.2 Å². The van der Waals surface area contributed by atoms with Crippen LogP contribution in [0.3, 0.4) is 0 Å². The number of nitrogens with zero attached hydrogens (tertiary/aromatic N) is 1. The summed E-state index contributed by atoms with van der Waals surface area (Å²) in [4.78, 5) is 23.6. The van der Waals surface area contributed by atoms with E-state index in [4.69, 9.17) is 9.15 Å². The zero-order chi connectivity index (χ0) is 15.9. The molecular weight excluding hydrogens is 284 g/mol. The number of ether oxygens (including phenoxy) is 1. The molecule has 116 valence electrons. The van der Waals surface area contributed by atoms with E-state index in [1.807, 2.05) is 6.92 Å². The van der Waals surface area contributed by atoms with Gasteiger partial charge in [0.05, 0.1) is 13.4 Å². The van der Waals surface area contributed by atoms with Gasteiger partial charge in [-0.3, -0.25) is 9.59 Å². The third-order valence-corrected chi connectivity index (χ3v) is 3.12. The topological polar surface area (TPSA) is 73.5 Å². The molecule has 0 unspecified atom stereocenters. The highest BCUT2D eigenvalue weighted by atomic mass is 16.5. The minimum atomic E-state index is -0.240. The molecule has 6 heteroatoms. The van der Waals surface area contributed by atoms with Crippen molar-refractivity contribution in [2.75, 3.05) is 13.7 Å². The lowest BCUT2D eigenvalue weighted by Crippen LogP contribution is -2.30. The number of methoxy groups -OCH3 is 1. The van der Waals surface area contributed by atoms with E-state index in [0.717, 1.165) is 5.69 Å². The van der Waals surface area contributed by atoms with E-state index in [1.54, 1.807) is 28.8 Å². The number of nitrogens with one attached hydrogen (secondary N) is 1. The van der Waals surface area contributed by atoms with Gasteiger partial charge in [-0.25, -0.2) is 0 Å². The zero-order valence-electron chi connectivity index (χ0n) is 12.5.